The molecule has 0 saturated carbocycles. The van der Waals surface area contributed by atoms with Gasteiger partial charge in [-0.05, 0) is 36.4 Å². The van der Waals surface area contributed by atoms with E-state index in [-0.39, 0.29) is 27.9 Å². The highest BCUT2D eigenvalue weighted by molar-refractivity contribution is 6.30. The Bertz CT molecular complexity index is 1220. The number of carbonyl (C=O) groups excluding carboxylic acids is 2. The summed E-state index contributed by atoms with van der Waals surface area (Å²) >= 11 is 5.88. The highest BCUT2D eigenvalue weighted by Crippen LogP contribution is 2.39. The summed E-state index contributed by atoms with van der Waals surface area (Å²) in [5.41, 5.74) is 2.26. The van der Waals surface area contributed by atoms with Gasteiger partial charge in [0.15, 0.2) is 17.3 Å². The molecule has 3 rings (SSSR count). The summed E-state index contributed by atoms with van der Waals surface area (Å²) in [4.78, 5) is 27.6. The molecule has 12 heteroatoms. The Morgan fingerprint density at radius 2 is 1.76 bits per heavy atom. The minimum atomic E-state index is -5.07. The molecule has 33 heavy (non-hydrogen) atoms. The van der Waals surface area contributed by atoms with E-state index in [2.05, 4.69) is 10.3 Å². The van der Waals surface area contributed by atoms with Crippen molar-refractivity contribution in [3.63, 3.8) is 0 Å². The summed E-state index contributed by atoms with van der Waals surface area (Å²) in [6, 6.07) is 7.77. The number of benzene rings is 2. The zero-order valence-electron chi connectivity index (χ0n) is 16.7. The number of hydrogen-bond donors (Lipinski definition) is 2. The van der Waals surface area contributed by atoms with E-state index in [4.69, 9.17) is 26.8 Å². The molecular formula is C21H14ClF4N3O4. The molecule has 0 aliphatic heterocycles. The molecule has 1 aromatic heterocycles. The average molecular weight is 484 g/mol. The molecule has 2 amide bonds. The van der Waals surface area contributed by atoms with Crippen LogP contribution in [-0.4, -0.2) is 23.9 Å². The third kappa shape index (κ3) is 5.32. The average Bonchev–Trinajstić information content (AvgIpc) is 2.74. The Labute approximate surface area is 189 Å². The second kappa shape index (κ2) is 9.33. The first-order valence-corrected chi connectivity index (χ1v) is 9.37. The number of primary amides is 1. The van der Waals surface area contributed by atoms with Crippen molar-refractivity contribution in [3.05, 3.63) is 76.3 Å². The number of carbonyl (C=O) groups is 2. The summed E-state index contributed by atoms with van der Waals surface area (Å²) in [7, 11) is 1.29. The molecule has 7 nitrogen and oxygen atoms in total. The molecule has 1 heterocycles. The first-order chi connectivity index (χ1) is 15.5. The molecule has 0 saturated heterocycles. The van der Waals surface area contributed by atoms with Crippen LogP contribution in [0.5, 0.6) is 17.2 Å². The smallest absolute Gasteiger partial charge is 0.419 e. The van der Waals surface area contributed by atoms with Gasteiger partial charge in [-0.2, -0.15) is 13.2 Å². The molecule has 0 bridgehead atoms. The third-order valence-corrected chi connectivity index (χ3v) is 4.49. The minimum absolute atomic E-state index is 0.0254. The zero-order chi connectivity index (χ0) is 24.3. The van der Waals surface area contributed by atoms with Crippen LogP contribution in [0.1, 0.15) is 26.4 Å². The number of hydrogen-bond acceptors (Lipinski definition) is 5. The summed E-state index contributed by atoms with van der Waals surface area (Å²) in [5, 5.41) is 2.49. The molecule has 0 radical (unpaired) electrons. The van der Waals surface area contributed by atoms with E-state index in [0.29, 0.717) is 6.07 Å². The van der Waals surface area contributed by atoms with Gasteiger partial charge in [0.25, 0.3) is 11.8 Å². The minimum Gasteiger partial charge on any atom is -0.493 e. The van der Waals surface area contributed by atoms with Gasteiger partial charge in [0, 0.05) is 11.1 Å². The van der Waals surface area contributed by atoms with E-state index in [0.717, 1.165) is 12.3 Å². The zero-order valence-corrected chi connectivity index (χ0v) is 17.4. The van der Waals surface area contributed by atoms with Crippen molar-refractivity contribution in [1.29, 1.82) is 0 Å². The Morgan fingerprint density at radius 1 is 1.06 bits per heavy atom. The lowest BCUT2D eigenvalue weighted by molar-refractivity contribution is -0.140. The summed E-state index contributed by atoms with van der Waals surface area (Å²) in [6.45, 7) is 0. The number of pyridine rings is 1. The fourth-order valence-electron chi connectivity index (χ4n) is 2.73. The third-order valence-electron chi connectivity index (χ3n) is 4.26. The largest absolute Gasteiger partial charge is 0.493 e. The van der Waals surface area contributed by atoms with Crippen LogP contribution in [0.3, 0.4) is 0 Å². The number of nitrogens with one attached hydrogen (secondary N) is 1. The predicted octanol–water partition coefficient (Wildman–Crippen LogP) is 5.05. The quantitative estimate of drug-likeness (QED) is 0.478. The Kier molecular flexibility index (Phi) is 6.73. The number of halogens is 5. The van der Waals surface area contributed by atoms with Crippen LogP contribution in [-0.2, 0) is 6.18 Å². The van der Waals surface area contributed by atoms with Crippen molar-refractivity contribution in [2.45, 2.75) is 6.18 Å². The summed E-state index contributed by atoms with van der Waals surface area (Å²) in [5.74, 6) is -4.37. The van der Waals surface area contributed by atoms with E-state index < -0.39 is 40.7 Å². The van der Waals surface area contributed by atoms with Gasteiger partial charge in [0.05, 0.1) is 24.6 Å². The molecule has 172 valence electrons. The number of rotatable bonds is 6. The lowest BCUT2D eigenvalue weighted by Gasteiger charge is -2.17. The van der Waals surface area contributed by atoms with Gasteiger partial charge in [-0.1, -0.05) is 11.6 Å². The molecule has 0 aliphatic carbocycles. The maximum Gasteiger partial charge on any atom is 0.419 e. The first-order valence-electron chi connectivity index (χ1n) is 8.99. The van der Waals surface area contributed by atoms with Crippen molar-refractivity contribution in [1.82, 2.24) is 4.98 Å². The van der Waals surface area contributed by atoms with E-state index in [1.165, 1.54) is 37.4 Å². The number of amides is 2. The molecule has 0 fully saturated rings. The maximum absolute atomic E-state index is 14.9. The van der Waals surface area contributed by atoms with Gasteiger partial charge in [-0.25, -0.2) is 9.37 Å². The number of nitrogens with two attached hydrogens (primary N) is 1. The van der Waals surface area contributed by atoms with Crippen molar-refractivity contribution < 1.29 is 36.6 Å². The molecule has 2 aromatic carbocycles. The number of methoxy groups -OCH3 is 1. The Morgan fingerprint density at radius 3 is 2.33 bits per heavy atom. The second-order valence-electron chi connectivity index (χ2n) is 6.45. The topological polar surface area (TPSA) is 104 Å². The van der Waals surface area contributed by atoms with Gasteiger partial charge in [0.1, 0.15) is 17.0 Å². The van der Waals surface area contributed by atoms with E-state index >= 15 is 0 Å². The van der Waals surface area contributed by atoms with Gasteiger partial charge < -0.3 is 20.5 Å². The van der Waals surface area contributed by atoms with E-state index in [1.807, 2.05) is 0 Å². The Balaban J connectivity index is 2.05. The summed E-state index contributed by atoms with van der Waals surface area (Å²) in [6.07, 6.45) is -4.04. The van der Waals surface area contributed by atoms with Crippen LogP contribution in [0.15, 0.2) is 48.7 Å². The molecule has 0 aliphatic rings. The van der Waals surface area contributed by atoms with Gasteiger partial charge in [0.2, 0.25) is 0 Å². The van der Waals surface area contributed by atoms with Crippen LogP contribution >= 0.6 is 11.6 Å². The van der Waals surface area contributed by atoms with Crippen molar-refractivity contribution in [3.8, 4) is 17.2 Å². The maximum atomic E-state index is 14.9. The highest BCUT2D eigenvalue weighted by Gasteiger charge is 2.37. The van der Waals surface area contributed by atoms with Crippen molar-refractivity contribution in [2.24, 2.45) is 5.73 Å². The highest BCUT2D eigenvalue weighted by atomic mass is 35.5. The summed E-state index contributed by atoms with van der Waals surface area (Å²) < 4.78 is 65.3. The number of aromatic nitrogens is 1. The Hall–Kier alpha value is -3.86. The normalized spacial score (nSPS) is 11.1. The predicted molar refractivity (Wildman–Crippen MR) is 110 cm³/mol. The molecule has 0 unspecified atom stereocenters. The molecular weight excluding hydrogens is 470 g/mol. The van der Waals surface area contributed by atoms with Crippen LogP contribution < -0.4 is 20.5 Å². The monoisotopic (exact) mass is 483 g/mol. The van der Waals surface area contributed by atoms with Crippen LogP contribution in [0, 0.1) is 5.82 Å². The van der Waals surface area contributed by atoms with Gasteiger partial charge >= 0.3 is 6.18 Å². The lowest BCUT2D eigenvalue weighted by Crippen LogP contribution is -2.19. The van der Waals surface area contributed by atoms with Crippen molar-refractivity contribution in [2.75, 3.05) is 12.4 Å². The molecule has 3 N–H and O–H groups in total. The fourth-order valence-corrected chi connectivity index (χ4v) is 2.89. The van der Waals surface area contributed by atoms with Gasteiger partial charge in [-0.15, -0.1) is 0 Å². The van der Waals surface area contributed by atoms with Crippen LogP contribution in [0.25, 0.3) is 0 Å². The lowest BCUT2D eigenvalue weighted by atomic mass is 10.1. The number of nitrogens with zero attached hydrogens (tertiary/aromatic N) is 1. The number of ether oxygens (including phenoxy) is 2. The standard InChI is InChI=1S/C21H14ClF4N3O4/c1-32-16-8-10(22)2-6-14(16)33-15-7-4-12(21(24,25)26)18(23)17(15)20(31)29-11-3-5-13(19(27)30)28-9-11/h2-9H,1H3,(H2,27,30)(H,29,31). The molecule has 0 atom stereocenters. The van der Waals surface area contributed by atoms with E-state index in [9.17, 15) is 27.2 Å². The fraction of sp³-hybridized carbons (Fsp3) is 0.0952. The molecule has 0 spiro atoms. The first kappa shape index (κ1) is 23.8. The number of anilines is 1. The SMILES string of the molecule is COc1cc(Cl)ccc1Oc1ccc(C(F)(F)F)c(F)c1C(=O)Nc1ccc(C(N)=O)nc1. The second-order valence-corrected chi connectivity index (χ2v) is 6.88. The van der Waals surface area contributed by atoms with Crippen molar-refractivity contribution >= 4 is 29.1 Å². The number of alkyl halides is 3. The van der Waals surface area contributed by atoms with E-state index in [1.54, 1.807) is 0 Å². The van der Waals surface area contributed by atoms with Gasteiger partial charge in [-0.3, -0.25) is 9.59 Å². The molecule has 3 aromatic rings. The van der Waals surface area contributed by atoms with Crippen LogP contribution in [0.4, 0.5) is 23.2 Å². The van der Waals surface area contributed by atoms with Crippen LogP contribution in [0.2, 0.25) is 5.02 Å².